The average molecular weight is 292 g/mol. The minimum atomic E-state index is -2.99. The Kier molecular flexibility index (Phi) is 3.84. The largest absolute Gasteiger partial charge is 0.295 e. The van der Waals surface area contributed by atoms with Gasteiger partial charge in [0.1, 0.15) is 10.0 Å². The van der Waals surface area contributed by atoms with E-state index in [0.717, 1.165) is 6.20 Å². The maximum absolute atomic E-state index is 12.5. The predicted octanol–water partition coefficient (Wildman–Crippen LogP) is 2.76. The number of aromatic nitrogens is 1. The zero-order chi connectivity index (χ0) is 12.3. The van der Waals surface area contributed by atoms with E-state index in [4.69, 9.17) is 5.26 Å². The maximum Gasteiger partial charge on any atom is 0.295 e. The van der Waals surface area contributed by atoms with Gasteiger partial charge in [-0.1, -0.05) is 0 Å². The van der Waals surface area contributed by atoms with Gasteiger partial charge >= 0.3 is 0 Å². The summed E-state index contributed by atoms with van der Waals surface area (Å²) in [7, 11) is 0. The highest BCUT2D eigenvalue weighted by molar-refractivity contribution is 9.10. The quantitative estimate of drug-likeness (QED) is 0.633. The Morgan fingerprint density at radius 2 is 2.31 bits per heavy atom. The molecular weight excluding hydrogens is 288 g/mol. The van der Waals surface area contributed by atoms with Crippen molar-refractivity contribution in [3.8, 4) is 6.07 Å². The van der Waals surface area contributed by atoms with E-state index in [0.29, 0.717) is 0 Å². The molecule has 0 fully saturated rings. The van der Waals surface area contributed by atoms with Gasteiger partial charge in [0.2, 0.25) is 0 Å². The molecule has 0 spiro atoms. The Morgan fingerprint density at radius 1 is 1.69 bits per heavy atom. The van der Waals surface area contributed by atoms with Crippen molar-refractivity contribution >= 4 is 21.6 Å². The predicted molar refractivity (Wildman–Crippen MR) is 52.9 cm³/mol. The SMILES string of the molecule is N#CCc1ncc(C(F)F)c([N+](=O)[O-])c1Br. The highest BCUT2D eigenvalue weighted by Gasteiger charge is 2.27. The molecule has 84 valence electrons. The first-order chi connectivity index (χ1) is 7.49. The summed E-state index contributed by atoms with van der Waals surface area (Å²) in [6.07, 6.45) is -2.45. The number of nitro groups is 1. The molecule has 0 radical (unpaired) electrons. The molecule has 16 heavy (non-hydrogen) atoms. The standard InChI is InChI=1S/C8H4BrF2N3O2/c9-6-5(1-2-12)13-3-4(8(10)11)7(6)14(15)16/h3,8H,1H2. The van der Waals surface area contributed by atoms with Crippen molar-refractivity contribution in [3.63, 3.8) is 0 Å². The van der Waals surface area contributed by atoms with E-state index in [2.05, 4.69) is 20.9 Å². The van der Waals surface area contributed by atoms with Gasteiger partial charge in [-0.15, -0.1) is 0 Å². The highest BCUT2D eigenvalue weighted by Crippen LogP contribution is 2.36. The molecule has 0 N–H and O–H groups in total. The summed E-state index contributed by atoms with van der Waals surface area (Å²) in [6, 6.07) is 1.74. The van der Waals surface area contributed by atoms with E-state index in [-0.39, 0.29) is 16.6 Å². The van der Waals surface area contributed by atoms with E-state index in [1.807, 2.05) is 0 Å². The van der Waals surface area contributed by atoms with Gasteiger partial charge in [-0.3, -0.25) is 15.1 Å². The number of hydrogen-bond acceptors (Lipinski definition) is 4. The van der Waals surface area contributed by atoms with Gasteiger partial charge in [0.15, 0.2) is 0 Å². The third kappa shape index (κ3) is 2.30. The van der Waals surface area contributed by atoms with E-state index >= 15 is 0 Å². The monoisotopic (exact) mass is 291 g/mol. The first-order valence-electron chi connectivity index (χ1n) is 3.95. The van der Waals surface area contributed by atoms with E-state index in [9.17, 15) is 18.9 Å². The number of halogens is 3. The van der Waals surface area contributed by atoms with Crippen LogP contribution in [0.15, 0.2) is 10.7 Å². The van der Waals surface area contributed by atoms with Crippen molar-refractivity contribution in [2.75, 3.05) is 0 Å². The number of nitriles is 1. The van der Waals surface area contributed by atoms with Crippen LogP contribution in [0.5, 0.6) is 0 Å². The van der Waals surface area contributed by atoms with Crippen LogP contribution in [0.3, 0.4) is 0 Å². The molecule has 1 heterocycles. The molecule has 0 saturated heterocycles. The molecule has 0 aliphatic carbocycles. The summed E-state index contributed by atoms with van der Waals surface area (Å²) in [5.41, 5.74) is -1.44. The van der Waals surface area contributed by atoms with Crippen LogP contribution in [0.4, 0.5) is 14.5 Å². The van der Waals surface area contributed by atoms with Gasteiger partial charge < -0.3 is 0 Å². The molecule has 1 aromatic rings. The molecule has 0 amide bonds. The van der Waals surface area contributed by atoms with Crippen LogP contribution in [0.1, 0.15) is 17.7 Å². The van der Waals surface area contributed by atoms with Crippen molar-refractivity contribution in [3.05, 3.63) is 32.0 Å². The molecule has 0 bridgehead atoms. The summed E-state index contributed by atoms with van der Waals surface area (Å²) >= 11 is 2.81. The maximum atomic E-state index is 12.5. The van der Waals surface area contributed by atoms with Gasteiger partial charge in [-0.05, 0) is 15.9 Å². The van der Waals surface area contributed by atoms with Crippen molar-refractivity contribution in [1.29, 1.82) is 5.26 Å². The molecule has 0 saturated carbocycles. The summed E-state index contributed by atoms with van der Waals surface area (Å²) in [5, 5.41) is 19.1. The summed E-state index contributed by atoms with van der Waals surface area (Å²) in [5.74, 6) is 0. The second kappa shape index (κ2) is 4.94. The summed E-state index contributed by atoms with van der Waals surface area (Å²) < 4.78 is 24.7. The smallest absolute Gasteiger partial charge is 0.258 e. The molecule has 0 unspecified atom stereocenters. The Labute approximate surface area is 97.0 Å². The summed E-state index contributed by atoms with van der Waals surface area (Å²) in [4.78, 5) is 13.3. The van der Waals surface area contributed by atoms with Crippen LogP contribution in [0, 0.1) is 21.4 Å². The topological polar surface area (TPSA) is 79.8 Å². The number of hydrogen-bond donors (Lipinski definition) is 0. The van der Waals surface area contributed by atoms with Crippen LogP contribution in [0.2, 0.25) is 0 Å². The molecular formula is C8H4BrF2N3O2. The van der Waals surface area contributed by atoms with Crippen molar-refractivity contribution in [2.24, 2.45) is 0 Å². The zero-order valence-electron chi connectivity index (χ0n) is 7.65. The minimum absolute atomic E-state index is 0.0681. The van der Waals surface area contributed by atoms with Gasteiger partial charge in [0, 0.05) is 6.20 Å². The van der Waals surface area contributed by atoms with Crippen molar-refractivity contribution < 1.29 is 13.7 Å². The van der Waals surface area contributed by atoms with Gasteiger partial charge in [0.05, 0.1) is 23.1 Å². The van der Waals surface area contributed by atoms with Crippen LogP contribution < -0.4 is 0 Å². The van der Waals surface area contributed by atoms with Crippen molar-refractivity contribution in [2.45, 2.75) is 12.8 Å². The molecule has 1 aromatic heterocycles. The highest BCUT2D eigenvalue weighted by atomic mass is 79.9. The third-order valence-electron chi connectivity index (χ3n) is 1.76. The lowest BCUT2D eigenvalue weighted by molar-refractivity contribution is -0.387. The average Bonchev–Trinajstić information content (AvgIpc) is 2.20. The molecule has 0 aromatic carbocycles. The zero-order valence-corrected chi connectivity index (χ0v) is 9.24. The molecule has 0 aliphatic heterocycles. The fourth-order valence-electron chi connectivity index (χ4n) is 1.07. The number of pyridine rings is 1. The number of rotatable bonds is 3. The number of nitrogens with zero attached hydrogens (tertiary/aromatic N) is 3. The van der Waals surface area contributed by atoms with Gasteiger partial charge in [-0.2, -0.15) is 5.26 Å². The normalized spacial score (nSPS) is 10.2. The van der Waals surface area contributed by atoms with Crippen LogP contribution >= 0.6 is 15.9 Å². The second-order valence-electron chi connectivity index (χ2n) is 2.72. The molecule has 5 nitrogen and oxygen atoms in total. The van der Waals surface area contributed by atoms with Gasteiger partial charge in [0.25, 0.3) is 12.1 Å². The first-order valence-corrected chi connectivity index (χ1v) is 4.75. The third-order valence-corrected chi connectivity index (χ3v) is 2.59. The van der Waals surface area contributed by atoms with E-state index in [1.165, 1.54) is 0 Å². The van der Waals surface area contributed by atoms with E-state index in [1.54, 1.807) is 6.07 Å². The molecule has 0 aliphatic rings. The first kappa shape index (κ1) is 12.4. The summed E-state index contributed by atoms with van der Waals surface area (Å²) in [6.45, 7) is 0. The van der Waals surface area contributed by atoms with Crippen molar-refractivity contribution in [1.82, 2.24) is 4.98 Å². The van der Waals surface area contributed by atoms with Crippen LogP contribution in [-0.4, -0.2) is 9.91 Å². The lowest BCUT2D eigenvalue weighted by atomic mass is 10.2. The lowest BCUT2D eigenvalue weighted by Gasteiger charge is -2.05. The van der Waals surface area contributed by atoms with Crippen LogP contribution in [0.25, 0.3) is 0 Å². The Bertz CT molecular complexity index is 473. The molecule has 0 atom stereocenters. The molecule has 1 rings (SSSR count). The Morgan fingerprint density at radius 3 is 2.75 bits per heavy atom. The van der Waals surface area contributed by atoms with E-state index < -0.39 is 22.6 Å². The number of alkyl halides is 2. The fraction of sp³-hybridized carbons (Fsp3) is 0.250. The minimum Gasteiger partial charge on any atom is -0.258 e. The molecule has 8 heteroatoms. The Hall–Kier alpha value is -1.62. The lowest BCUT2D eigenvalue weighted by Crippen LogP contribution is -2.02. The van der Waals surface area contributed by atoms with Crippen LogP contribution in [-0.2, 0) is 6.42 Å². The second-order valence-corrected chi connectivity index (χ2v) is 3.51. The fourth-order valence-corrected chi connectivity index (χ4v) is 1.69. The Balaban J connectivity index is 3.43. The van der Waals surface area contributed by atoms with Gasteiger partial charge in [-0.25, -0.2) is 8.78 Å².